The topological polar surface area (TPSA) is 87.2 Å². The molecule has 4 rings (SSSR count). The van der Waals surface area contributed by atoms with Crippen molar-refractivity contribution in [3.63, 3.8) is 0 Å². The number of piperidine rings is 1. The number of amides is 2. The summed E-state index contributed by atoms with van der Waals surface area (Å²) in [5, 5.41) is 0. The molecular weight excluding hydrogens is 418 g/mol. The highest BCUT2D eigenvalue weighted by atomic mass is 32.2. The lowest BCUT2D eigenvalue weighted by Gasteiger charge is -2.38. The van der Waals surface area contributed by atoms with E-state index in [-0.39, 0.29) is 22.6 Å². The van der Waals surface area contributed by atoms with Gasteiger partial charge in [0.15, 0.2) is 0 Å². The quantitative estimate of drug-likeness (QED) is 0.690. The first-order chi connectivity index (χ1) is 14.9. The summed E-state index contributed by atoms with van der Waals surface area (Å²) in [6, 6.07) is 6.05. The summed E-state index contributed by atoms with van der Waals surface area (Å²) >= 11 is 0. The van der Waals surface area contributed by atoms with Crippen LogP contribution in [0.5, 0.6) is 0 Å². The van der Waals surface area contributed by atoms with E-state index >= 15 is 0 Å². The Labute approximate surface area is 184 Å². The lowest BCUT2D eigenvalue weighted by molar-refractivity contribution is -0.145. The number of sulfonamides is 1. The molecule has 1 unspecified atom stereocenters. The van der Waals surface area contributed by atoms with Crippen molar-refractivity contribution in [3.05, 3.63) is 29.8 Å². The van der Waals surface area contributed by atoms with Crippen LogP contribution in [0.1, 0.15) is 31.2 Å². The van der Waals surface area contributed by atoms with Gasteiger partial charge in [0.05, 0.1) is 24.0 Å². The molecular formula is C22H31N3O5S. The summed E-state index contributed by atoms with van der Waals surface area (Å²) in [5.74, 6) is -0.316. The molecule has 1 aromatic rings. The van der Waals surface area contributed by atoms with Crippen molar-refractivity contribution in [2.75, 3.05) is 45.9 Å². The molecule has 0 spiro atoms. The highest BCUT2D eigenvalue weighted by Gasteiger charge is 2.42. The molecule has 0 aliphatic carbocycles. The van der Waals surface area contributed by atoms with Gasteiger partial charge in [-0.05, 0) is 44.7 Å². The Balaban J connectivity index is 1.46. The van der Waals surface area contributed by atoms with Crippen LogP contribution >= 0.6 is 0 Å². The molecule has 2 atom stereocenters. The Morgan fingerprint density at radius 1 is 0.903 bits per heavy atom. The maximum Gasteiger partial charge on any atom is 0.243 e. The number of carbonyl (C=O) groups is 2. The third-order valence-corrected chi connectivity index (χ3v) is 8.44. The van der Waals surface area contributed by atoms with E-state index < -0.39 is 16.1 Å². The number of benzene rings is 1. The Kier molecular flexibility index (Phi) is 6.64. The number of ether oxygens (including phenoxy) is 1. The molecule has 3 heterocycles. The van der Waals surface area contributed by atoms with E-state index in [2.05, 4.69) is 0 Å². The second-order valence-corrected chi connectivity index (χ2v) is 10.5. The Morgan fingerprint density at radius 2 is 1.58 bits per heavy atom. The first-order valence-corrected chi connectivity index (χ1v) is 12.6. The van der Waals surface area contributed by atoms with Gasteiger partial charge in [0.1, 0.15) is 6.04 Å². The number of aryl methyl sites for hydroxylation is 1. The highest BCUT2D eigenvalue weighted by molar-refractivity contribution is 7.89. The van der Waals surface area contributed by atoms with E-state index in [9.17, 15) is 18.0 Å². The van der Waals surface area contributed by atoms with Crippen LogP contribution in [0.2, 0.25) is 0 Å². The Morgan fingerprint density at radius 3 is 2.29 bits per heavy atom. The number of likely N-dealkylation sites (tertiary alicyclic amines) is 1. The highest BCUT2D eigenvalue weighted by Crippen LogP contribution is 2.29. The zero-order valence-corrected chi connectivity index (χ0v) is 18.8. The van der Waals surface area contributed by atoms with Gasteiger partial charge in [-0.2, -0.15) is 4.31 Å². The number of hydrogen-bond acceptors (Lipinski definition) is 5. The van der Waals surface area contributed by atoms with Gasteiger partial charge >= 0.3 is 0 Å². The first kappa shape index (κ1) is 22.2. The first-order valence-electron chi connectivity index (χ1n) is 11.1. The fourth-order valence-electron chi connectivity index (χ4n) is 4.75. The van der Waals surface area contributed by atoms with Gasteiger partial charge in [-0.1, -0.05) is 17.7 Å². The van der Waals surface area contributed by atoms with Gasteiger partial charge in [0.25, 0.3) is 0 Å². The van der Waals surface area contributed by atoms with Crippen molar-refractivity contribution in [2.45, 2.75) is 43.5 Å². The van der Waals surface area contributed by atoms with Crippen LogP contribution in [0.15, 0.2) is 29.2 Å². The van der Waals surface area contributed by atoms with Crippen LogP contribution in [0, 0.1) is 12.8 Å². The molecule has 8 nitrogen and oxygen atoms in total. The maximum atomic E-state index is 13.4. The zero-order valence-electron chi connectivity index (χ0n) is 18.0. The molecule has 3 aliphatic heterocycles. The minimum absolute atomic E-state index is 0.0800. The van der Waals surface area contributed by atoms with Crippen molar-refractivity contribution in [3.8, 4) is 0 Å². The van der Waals surface area contributed by atoms with Crippen molar-refractivity contribution in [1.82, 2.24) is 14.1 Å². The Bertz CT molecular complexity index is 912. The molecule has 0 radical (unpaired) electrons. The van der Waals surface area contributed by atoms with Crippen molar-refractivity contribution >= 4 is 21.8 Å². The summed E-state index contributed by atoms with van der Waals surface area (Å²) in [7, 11) is -3.74. The molecule has 3 aliphatic rings. The maximum absolute atomic E-state index is 13.4. The van der Waals surface area contributed by atoms with Crippen molar-refractivity contribution in [1.29, 1.82) is 0 Å². The van der Waals surface area contributed by atoms with Gasteiger partial charge < -0.3 is 14.5 Å². The van der Waals surface area contributed by atoms with E-state index in [0.29, 0.717) is 58.8 Å². The molecule has 31 heavy (non-hydrogen) atoms. The second kappa shape index (κ2) is 9.26. The fourth-order valence-corrected chi connectivity index (χ4v) is 6.40. The lowest BCUT2D eigenvalue weighted by atomic mass is 9.95. The smallest absolute Gasteiger partial charge is 0.243 e. The third kappa shape index (κ3) is 4.63. The minimum atomic E-state index is -3.74. The fraction of sp³-hybridized carbons (Fsp3) is 0.636. The largest absolute Gasteiger partial charge is 0.378 e. The SMILES string of the molecule is Cc1ccc(S(=O)(=O)N2CCC[C@H]2C(=O)N2CCCC(C(=O)N3CCOCC3)C2)cc1. The van der Waals surface area contributed by atoms with Crippen LogP contribution in [0.3, 0.4) is 0 Å². The number of nitrogens with zero attached hydrogens (tertiary/aromatic N) is 3. The number of morpholine rings is 1. The molecule has 0 aromatic heterocycles. The minimum Gasteiger partial charge on any atom is -0.378 e. The predicted octanol–water partition coefficient (Wildman–Crippen LogP) is 1.25. The summed E-state index contributed by atoms with van der Waals surface area (Å²) in [6.07, 6.45) is 2.69. The lowest BCUT2D eigenvalue weighted by Crippen LogP contribution is -2.53. The molecule has 2 amide bonds. The van der Waals surface area contributed by atoms with Crippen LogP contribution < -0.4 is 0 Å². The summed E-state index contributed by atoms with van der Waals surface area (Å²) < 4.78 is 33.1. The van der Waals surface area contributed by atoms with Crippen LogP contribution in [0.25, 0.3) is 0 Å². The van der Waals surface area contributed by atoms with Crippen LogP contribution in [0.4, 0.5) is 0 Å². The van der Waals surface area contributed by atoms with Gasteiger partial charge in [-0.3, -0.25) is 9.59 Å². The van der Waals surface area contributed by atoms with Gasteiger partial charge in [-0.25, -0.2) is 8.42 Å². The molecule has 0 saturated carbocycles. The average Bonchev–Trinajstić information content (AvgIpc) is 3.30. The van der Waals surface area contributed by atoms with E-state index in [4.69, 9.17) is 4.74 Å². The summed E-state index contributed by atoms with van der Waals surface area (Å²) in [6.45, 7) is 5.47. The van der Waals surface area contributed by atoms with Crippen molar-refractivity contribution in [2.24, 2.45) is 5.92 Å². The zero-order chi connectivity index (χ0) is 22.0. The van der Waals surface area contributed by atoms with Crippen LogP contribution in [-0.4, -0.2) is 86.3 Å². The standard InChI is InChI=1S/C22H31N3O5S/c1-17-6-8-19(9-7-17)31(28,29)25-11-3-5-20(25)22(27)24-10-2-4-18(16-24)21(26)23-12-14-30-15-13-23/h6-9,18,20H,2-5,10-16H2,1H3/t18?,20-/m0/s1. The molecule has 9 heteroatoms. The normalized spacial score (nSPS) is 25.6. The van der Waals surface area contributed by atoms with E-state index in [1.54, 1.807) is 29.2 Å². The monoisotopic (exact) mass is 449 g/mol. The van der Waals surface area contributed by atoms with Gasteiger partial charge in [-0.15, -0.1) is 0 Å². The van der Waals surface area contributed by atoms with Crippen LogP contribution in [-0.2, 0) is 24.3 Å². The molecule has 0 N–H and O–H groups in total. The van der Waals surface area contributed by atoms with E-state index in [0.717, 1.165) is 18.4 Å². The molecule has 170 valence electrons. The van der Waals surface area contributed by atoms with E-state index in [1.807, 2.05) is 11.8 Å². The van der Waals surface area contributed by atoms with E-state index in [1.165, 1.54) is 4.31 Å². The third-order valence-electron chi connectivity index (χ3n) is 6.52. The van der Waals surface area contributed by atoms with Crippen molar-refractivity contribution < 1.29 is 22.7 Å². The average molecular weight is 450 g/mol. The molecule has 3 saturated heterocycles. The molecule has 1 aromatic carbocycles. The van der Waals surface area contributed by atoms with Gasteiger partial charge in [0.2, 0.25) is 21.8 Å². The molecule has 3 fully saturated rings. The second-order valence-electron chi connectivity index (χ2n) is 8.65. The number of carbonyl (C=O) groups excluding carboxylic acids is 2. The summed E-state index contributed by atoms with van der Waals surface area (Å²) in [5.41, 5.74) is 0.984. The predicted molar refractivity (Wildman–Crippen MR) is 115 cm³/mol. The number of hydrogen-bond donors (Lipinski definition) is 0. The number of rotatable bonds is 4. The Hall–Kier alpha value is -1.97. The molecule has 0 bridgehead atoms. The summed E-state index contributed by atoms with van der Waals surface area (Å²) in [4.78, 5) is 30.0. The van der Waals surface area contributed by atoms with Gasteiger partial charge in [0, 0.05) is 32.7 Å².